The summed E-state index contributed by atoms with van der Waals surface area (Å²) < 4.78 is 12.6. The fraction of sp³-hybridized carbons (Fsp3) is 0.185. The molecule has 3 amide bonds. The van der Waals surface area contributed by atoms with Gasteiger partial charge in [-0.05, 0) is 51.1 Å². The van der Waals surface area contributed by atoms with Gasteiger partial charge >= 0.3 is 12.0 Å². The molecule has 2 heterocycles. The van der Waals surface area contributed by atoms with Crippen LogP contribution in [0.4, 0.5) is 4.79 Å². The first-order valence-corrected chi connectivity index (χ1v) is 11.3. The maximum Gasteiger partial charge on any atom is 0.331 e. The highest BCUT2D eigenvalue weighted by Gasteiger charge is 2.17. The summed E-state index contributed by atoms with van der Waals surface area (Å²) in [6, 6.07) is 18.4. The molecule has 0 fully saturated rings. The van der Waals surface area contributed by atoms with Gasteiger partial charge in [-0.2, -0.15) is 5.10 Å². The molecular weight excluding hydrogens is 460 g/mol. The van der Waals surface area contributed by atoms with Crippen molar-refractivity contribution in [1.29, 1.82) is 0 Å². The van der Waals surface area contributed by atoms with Gasteiger partial charge in [-0.25, -0.2) is 14.3 Å². The second kappa shape index (κ2) is 10.3. The Morgan fingerprint density at radius 3 is 2.50 bits per heavy atom. The highest BCUT2D eigenvalue weighted by Crippen LogP contribution is 2.30. The van der Waals surface area contributed by atoms with Crippen molar-refractivity contribution >= 4 is 35.0 Å². The van der Waals surface area contributed by atoms with Gasteiger partial charge in [-0.3, -0.25) is 10.1 Å². The Morgan fingerprint density at radius 2 is 1.78 bits per heavy atom. The van der Waals surface area contributed by atoms with Crippen molar-refractivity contribution < 1.29 is 23.5 Å². The van der Waals surface area contributed by atoms with Gasteiger partial charge in [0.25, 0.3) is 5.91 Å². The second-order valence-electron chi connectivity index (χ2n) is 9.05. The molecular formula is C27H26N4O5. The van der Waals surface area contributed by atoms with Crippen molar-refractivity contribution in [3.63, 3.8) is 0 Å². The summed E-state index contributed by atoms with van der Waals surface area (Å²) in [6.07, 6.45) is 4.51. The third-order valence-electron chi connectivity index (χ3n) is 4.91. The van der Waals surface area contributed by atoms with Crippen molar-refractivity contribution in [3.05, 3.63) is 78.5 Å². The van der Waals surface area contributed by atoms with E-state index in [9.17, 15) is 14.4 Å². The molecule has 0 unspecified atom stereocenters. The molecule has 0 saturated heterocycles. The molecule has 0 atom stereocenters. The first-order chi connectivity index (χ1) is 17.2. The highest BCUT2D eigenvalue weighted by molar-refractivity contribution is 5.97. The number of benzene rings is 2. The number of nitrogens with one attached hydrogen (secondary N) is 2. The minimum Gasteiger partial charge on any atom is -0.454 e. The summed E-state index contributed by atoms with van der Waals surface area (Å²) in [6.45, 7) is 4.74. The molecule has 184 valence electrons. The van der Waals surface area contributed by atoms with E-state index in [4.69, 9.17) is 9.15 Å². The number of fused-ring (bicyclic) bond motifs is 1. The van der Waals surface area contributed by atoms with Crippen LogP contribution < -0.4 is 10.6 Å². The van der Waals surface area contributed by atoms with E-state index in [0.717, 1.165) is 16.7 Å². The van der Waals surface area contributed by atoms with Crippen molar-refractivity contribution in [2.24, 2.45) is 0 Å². The van der Waals surface area contributed by atoms with Gasteiger partial charge < -0.3 is 14.5 Å². The number of amides is 3. The summed E-state index contributed by atoms with van der Waals surface area (Å²) in [5.41, 5.74) is 2.20. The number of furan rings is 1. The maximum atomic E-state index is 12.3. The number of esters is 1. The topological polar surface area (TPSA) is 115 Å². The average molecular weight is 487 g/mol. The van der Waals surface area contributed by atoms with E-state index in [1.807, 2.05) is 60.7 Å². The van der Waals surface area contributed by atoms with Crippen molar-refractivity contribution in [3.8, 4) is 17.1 Å². The van der Waals surface area contributed by atoms with Crippen molar-refractivity contribution in [2.75, 3.05) is 6.61 Å². The quantitative estimate of drug-likeness (QED) is 0.307. The van der Waals surface area contributed by atoms with Gasteiger partial charge in [0.2, 0.25) is 0 Å². The molecule has 0 aliphatic carbocycles. The highest BCUT2D eigenvalue weighted by atomic mass is 16.5. The predicted octanol–water partition coefficient (Wildman–Crippen LogP) is 4.47. The van der Waals surface area contributed by atoms with Crippen LogP contribution in [0.1, 0.15) is 26.3 Å². The Hall–Kier alpha value is -4.66. The molecule has 36 heavy (non-hydrogen) atoms. The third-order valence-corrected chi connectivity index (χ3v) is 4.91. The zero-order chi connectivity index (χ0) is 25.7. The Morgan fingerprint density at radius 1 is 1.06 bits per heavy atom. The van der Waals surface area contributed by atoms with Gasteiger partial charge in [0, 0.05) is 28.8 Å². The molecule has 0 aliphatic rings. The Balaban J connectivity index is 1.50. The lowest BCUT2D eigenvalue weighted by Gasteiger charge is -2.20. The second-order valence-corrected chi connectivity index (χ2v) is 9.05. The fourth-order valence-electron chi connectivity index (χ4n) is 3.39. The van der Waals surface area contributed by atoms with E-state index in [1.165, 1.54) is 6.08 Å². The number of hydrogen-bond donors (Lipinski definition) is 2. The number of carbonyl (C=O) groups is 3. The summed E-state index contributed by atoms with van der Waals surface area (Å²) in [7, 11) is 0. The minimum absolute atomic E-state index is 0.508. The smallest absolute Gasteiger partial charge is 0.331 e. The zero-order valence-corrected chi connectivity index (χ0v) is 20.1. The van der Waals surface area contributed by atoms with E-state index >= 15 is 0 Å². The van der Waals surface area contributed by atoms with Gasteiger partial charge in [0.1, 0.15) is 11.3 Å². The number of hydrogen-bond acceptors (Lipinski definition) is 6. The first-order valence-electron chi connectivity index (χ1n) is 11.3. The SMILES string of the molecule is CC(C)(C)NC(=O)NC(=O)COC(=O)C=Cc1cn(-c2ccccc2)nc1-c1cc2ccccc2o1. The molecule has 0 bridgehead atoms. The Kier molecular flexibility index (Phi) is 7.00. The van der Waals surface area contributed by atoms with E-state index in [2.05, 4.69) is 15.7 Å². The van der Waals surface area contributed by atoms with Crippen molar-refractivity contribution in [1.82, 2.24) is 20.4 Å². The lowest BCUT2D eigenvalue weighted by molar-refractivity contribution is -0.143. The van der Waals surface area contributed by atoms with Crippen LogP contribution in [-0.2, 0) is 14.3 Å². The van der Waals surface area contributed by atoms with Gasteiger partial charge in [0.15, 0.2) is 12.4 Å². The van der Waals surface area contributed by atoms with Crippen LogP contribution in [0.15, 0.2) is 77.4 Å². The number of urea groups is 1. The van der Waals surface area contributed by atoms with E-state index < -0.39 is 30.1 Å². The Labute approximate surface area is 207 Å². The van der Waals surface area contributed by atoms with E-state index in [-0.39, 0.29) is 0 Å². The molecule has 2 aromatic carbocycles. The first kappa shape index (κ1) is 24.5. The molecule has 2 aromatic heterocycles. The standard InChI is InChI=1S/C27H26N4O5/c1-27(2,3)29-26(34)28-23(32)17-35-24(33)14-13-19-16-31(20-10-5-4-6-11-20)30-25(19)22-15-18-9-7-8-12-21(18)36-22/h4-16H,17H2,1-3H3,(H2,28,29,32,34). The van der Waals surface area contributed by atoms with E-state index in [0.29, 0.717) is 17.0 Å². The van der Waals surface area contributed by atoms with Gasteiger partial charge in [-0.15, -0.1) is 0 Å². The zero-order valence-electron chi connectivity index (χ0n) is 20.1. The predicted molar refractivity (Wildman–Crippen MR) is 135 cm³/mol. The Bertz CT molecular complexity index is 1390. The lowest BCUT2D eigenvalue weighted by Crippen LogP contribution is -2.49. The molecule has 2 N–H and O–H groups in total. The number of aromatic nitrogens is 2. The molecule has 4 rings (SSSR count). The van der Waals surface area contributed by atoms with Crippen molar-refractivity contribution in [2.45, 2.75) is 26.3 Å². The maximum absolute atomic E-state index is 12.3. The minimum atomic E-state index is -0.746. The molecule has 0 radical (unpaired) electrons. The summed E-state index contributed by atoms with van der Waals surface area (Å²) in [5.74, 6) is -0.939. The summed E-state index contributed by atoms with van der Waals surface area (Å²) in [4.78, 5) is 35.9. The molecule has 0 spiro atoms. The number of imide groups is 1. The number of para-hydroxylation sites is 2. The summed E-state index contributed by atoms with van der Waals surface area (Å²) >= 11 is 0. The fourth-order valence-corrected chi connectivity index (χ4v) is 3.39. The van der Waals surface area contributed by atoms with Crippen LogP contribution in [0.2, 0.25) is 0 Å². The normalized spacial score (nSPS) is 11.5. The largest absolute Gasteiger partial charge is 0.454 e. The van der Waals surface area contributed by atoms with Crippen LogP contribution in [0.25, 0.3) is 34.2 Å². The molecule has 9 heteroatoms. The van der Waals surface area contributed by atoms with Gasteiger partial charge in [0.05, 0.1) is 5.69 Å². The number of rotatable bonds is 6. The number of carbonyl (C=O) groups excluding carboxylic acids is 3. The molecule has 0 aliphatic heterocycles. The van der Waals surface area contributed by atoms with E-state index in [1.54, 1.807) is 37.7 Å². The monoisotopic (exact) mass is 486 g/mol. The van der Waals surface area contributed by atoms with Crippen LogP contribution in [-0.4, -0.2) is 39.8 Å². The lowest BCUT2D eigenvalue weighted by atomic mass is 10.1. The third kappa shape index (κ3) is 6.26. The molecule has 9 nitrogen and oxygen atoms in total. The van der Waals surface area contributed by atoms with Crippen LogP contribution in [0.3, 0.4) is 0 Å². The molecule has 4 aromatic rings. The number of ether oxygens (including phenoxy) is 1. The average Bonchev–Trinajstić information content (AvgIpc) is 3.45. The number of nitrogens with zero attached hydrogens (tertiary/aromatic N) is 2. The summed E-state index contributed by atoms with van der Waals surface area (Å²) in [5, 5.41) is 10.3. The van der Waals surface area contributed by atoms with Crippen LogP contribution in [0.5, 0.6) is 0 Å². The van der Waals surface area contributed by atoms with Crippen LogP contribution in [0, 0.1) is 0 Å². The van der Waals surface area contributed by atoms with Crippen LogP contribution >= 0.6 is 0 Å². The molecule has 0 saturated carbocycles. The van der Waals surface area contributed by atoms with Gasteiger partial charge in [-0.1, -0.05) is 36.4 Å².